The third kappa shape index (κ3) is 8.27. The van der Waals surface area contributed by atoms with E-state index in [-0.39, 0.29) is 12.2 Å². The van der Waals surface area contributed by atoms with E-state index in [4.69, 9.17) is 10.2 Å². The normalized spacial score (nSPS) is 16.8. The Morgan fingerprint density at radius 3 is 2.20 bits per heavy atom. The molecule has 0 aromatic carbocycles. The summed E-state index contributed by atoms with van der Waals surface area (Å²) in [5.41, 5.74) is 0. The van der Waals surface area contributed by atoms with Crippen molar-refractivity contribution >= 4 is 11.8 Å². The summed E-state index contributed by atoms with van der Waals surface area (Å²) in [4.78, 5) is 0. The van der Waals surface area contributed by atoms with Gasteiger partial charge >= 0.3 is 0 Å². The van der Waals surface area contributed by atoms with Crippen LogP contribution in [0.2, 0.25) is 0 Å². The third-order valence-corrected chi connectivity index (χ3v) is 2.28. The molecule has 0 heterocycles. The van der Waals surface area contributed by atoms with Gasteiger partial charge in [-0.15, -0.1) is 0 Å². The molecule has 2 atom stereocenters. The van der Waals surface area contributed by atoms with E-state index < -0.39 is 0 Å². The van der Waals surface area contributed by atoms with E-state index in [1.54, 1.807) is 25.6 Å². The van der Waals surface area contributed by atoms with Crippen LogP contribution in [0.15, 0.2) is 0 Å². The predicted molar refractivity (Wildman–Crippen MR) is 45.3 cm³/mol. The second kappa shape index (κ2) is 6.01. The molecule has 0 radical (unpaired) electrons. The maximum absolute atomic E-state index is 8.84. The van der Waals surface area contributed by atoms with E-state index in [0.717, 1.165) is 17.9 Å². The Kier molecular flexibility index (Phi) is 6.17. The SMILES string of the molecule is CC(O)CCSCC(C)O. The van der Waals surface area contributed by atoms with Crippen molar-refractivity contribution in [2.75, 3.05) is 11.5 Å². The lowest BCUT2D eigenvalue weighted by Gasteiger charge is -2.04. The fourth-order valence-electron chi connectivity index (χ4n) is 0.508. The quantitative estimate of drug-likeness (QED) is 0.592. The molecule has 0 aliphatic rings. The zero-order valence-corrected chi connectivity index (χ0v) is 7.40. The first-order valence-electron chi connectivity index (χ1n) is 3.56. The fourth-order valence-corrected chi connectivity index (χ4v) is 1.52. The molecule has 2 nitrogen and oxygen atoms in total. The summed E-state index contributed by atoms with van der Waals surface area (Å²) in [6, 6.07) is 0. The Morgan fingerprint density at radius 1 is 1.20 bits per heavy atom. The van der Waals surface area contributed by atoms with Gasteiger partial charge in [0.05, 0.1) is 12.2 Å². The van der Waals surface area contributed by atoms with Crippen LogP contribution in [0.4, 0.5) is 0 Å². The van der Waals surface area contributed by atoms with Gasteiger partial charge in [-0.1, -0.05) is 0 Å². The molecule has 2 N–H and O–H groups in total. The van der Waals surface area contributed by atoms with Gasteiger partial charge in [0.15, 0.2) is 0 Å². The molecule has 2 unspecified atom stereocenters. The minimum Gasteiger partial charge on any atom is -0.393 e. The lowest BCUT2D eigenvalue weighted by Crippen LogP contribution is -2.06. The lowest BCUT2D eigenvalue weighted by atomic mass is 10.3. The Bertz CT molecular complexity index is 64.0. The van der Waals surface area contributed by atoms with E-state index >= 15 is 0 Å². The first kappa shape index (κ1) is 10.3. The minimum absolute atomic E-state index is 0.207. The van der Waals surface area contributed by atoms with Crippen LogP contribution in [0.1, 0.15) is 20.3 Å². The maximum atomic E-state index is 8.84. The molecule has 0 spiro atoms. The third-order valence-electron chi connectivity index (χ3n) is 1.04. The highest BCUT2D eigenvalue weighted by molar-refractivity contribution is 7.99. The van der Waals surface area contributed by atoms with Gasteiger partial charge in [0, 0.05) is 5.75 Å². The monoisotopic (exact) mass is 164 g/mol. The van der Waals surface area contributed by atoms with E-state index in [1.807, 2.05) is 0 Å². The highest BCUT2D eigenvalue weighted by Gasteiger charge is 1.97. The number of thioether (sulfide) groups is 1. The predicted octanol–water partition coefficient (Wildman–Crippen LogP) is 0.871. The van der Waals surface area contributed by atoms with Crippen molar-refractivity contribution in [3.05, 3.63) is 0 Å². The lowest BCUT2D eigenvalue weighted by molar-refractivity contribution is 0.191. The Hall–Kier alpha value is 0.270. The van der Waals surface area contributed by atoms with Crippen molar-refractivity contribution < 1.29 is 10.2 Å². The number of hydrogen-bond acceptors (Lipinski definition) is 3. The van der Waals surface area contributed by atoms with Gasteiger partial charge < -0.3 is 10.2 Å². The van der Waals surface area contributed by atoms with Gasteiger partial charge in [0.2, 0.25) is 0 Å². The average molecular weight is 164 g/mol. The van der Waals surface area contributed by atoms with Gasteiger partial charge in [0.1, 0.15) is 0 Å². The summed E-state index contributed by atoms with van der Waals surface area (Å²) in [7, 11) is 0. The van der Waals surface area contributed by atoms with Crippen LogP contribution in [-0.2, 0) is 0 Å². The first-order valence-corrected chi connectivity index (χ1v) is 4.72. The molecule has 0 fully saturated rings. The van der Waals surface area contributed by atoms with Crippen LogP contribution in [-0.4, -0.2) is 33.9 Å². The van der Waals surface area contributed by atoms with E-state index in [2.05, 4.69) is 0 Å². The Morgan fingerprint density at radius 2 is 1.80 bits per heavy atom. The van der Waals surface area contributed by atoms with Crippen LogP contribution in [0.5, 0.6) is 0 Å². The molecule has 0 aliphatic heterocycles. The van der Waals surface area contributed by atoms with Crippen molar-refractivity contribution in [1.29, 1.82) is 0 Å². The molecule has 3 heteroatoms. The van der Waals surface area contributed by atoms with E-state index in [0.29, 0.717) is 0 Å². The summed E-state index contributed by atoms with van der Waals surface area (Å²) in [6.07, 6.45) is 0.387. The first-order chi connectivity index (χ1) is 4.63. The minimum atomic E-state index is -0.223. The van der Waals surface area contributed by atoms with Crippen molar-refractivity contribution in [3.8, 4) is 0 Å². The van der Waals surface area contributed by atoms with Crippen molar-refractivity contribution in [2.45, 2.75) is 32.5 Å². The summed E-state index contributed by atoms with van der Waals surface area (Å²) >= 11 is 1.68. The fraction of sp³-hybridized carbons (Fsp3) is 1.00. The van der Waals surface area contributed by atoms with Crippen LogP contribution in [0.25, 0.3) is 0 Å². The molecule has 0 aliphatic carbocycles. The second-order valence-electron chi connectivity index (χ2n) is 2.56. The molecular weight excluding hydrogens is 148 g/mol. The number of rotatable bonds is 5. The number of aliphatic hydroxyl groups excluding tert-OH is 2. The summed E-state index contributed by atoms with van der Waals surface area (Å²) < 4.78 is 0. The molecule has 0 bridgehead atoms. The van der Waals surface area contributed by atoms with E-state index in [1.165, 1.54) is 0 Å². The van der Waals surface area contributed by atoms with Gasteiger partial charge in [-0.05, 0) is 26.0 Å². The second-order valence-corrected chi connectivity index (χ2v) is 3.71. The molecule has 0 rings (SSSR count). The summed E-state index contributed by atoms with van der Waals surface area (Å²) in [6.45, 7) is 3.55. The van der Waals surface area contributed by atoms with Gasteiger partial charge in [0.25, 0.3) is 0 Å². The van der Waals surface area contributed by atoms with Crippen LogP contribution in [0.3, 0.4) is 0 Å². The van der Waals surface area contributed by atoms with Crippen molar-refractivity contribution in [2.24, 2.45) is 0 Å². The molecule has 0 saturated carbocycles. The van der Waals surface area contributed by atoms with Crippen LogP contribution < -0.4 is 0 Å². The van der Waals surface area contributed by atoms with Crippen molar-refractivity contribution in [1.82, 2.24) is 0 Å². The number of hydrogen-bond donors (Lipinski definition) is 2. The zero-order valence-electron chi connectivity index (χ0n) is 6.58. The summed E-state index contributed by atoms with van der Waals surface area (Å²) in [5, 5.41) is 17.7. The smallest absolute Gasteiger partial charge is 0.0602 e. The molecule has 0 aromatic rings. The molecule has 0 aromatic heterocycles. The van der Waals surface area contributed by atoms with E-state index in [9.17, 15) is 0 Å². The Labute approximate surface area is 66.6 Å². The van der Waals surface area contributed by atoms with Crippen LogP contribution >= 0.6 is 11.8 Å². The van der Waals surface area contributed by atoms with Gasteiger partial charge in [-0.25, -0.2) is 0 Å². The van der Waals surface area contributed by atoms with Gasteiger partial charge in [-0.3, -0.25) is 0 Å². The Balaban J connectivity index is 2.91. The van der Waals surface area contributed by atoms with Gasteiger partial charge in [-0.2, -0.15) is 11.8 Å². The zero-order chi connectivity index (χ0) is 7.98. The topological polar surface area (TPSA) is 40.5 Å². The number of aliphatic hydroxyl groups is 2. The maximum Gasteiger partial charge on any atom is 0.0602 e. The standard InChI is InChI=1S/C7H16O2S/c1-6(8)3-4-10-5-7(2)9/h6-9H,3-5H2,1-2H3. The molecule has 0 amide bonds. The molecule has 62 valence electrons. The highest BCUT2D eigenvalue weighted by Crippen LogP contribution is 2.05. The molecule has 0 saturated heterocycles. The van der Waals surface area contributed by atoms with Crippen molar-refractivity contribution in [3.63, 3.8) is 0 Å². The largest absolute Gasteiger partial charge is 0.393 e. The average Bonchev–Trinajstić information content (AvgIpc) is 1.79. The highest BCUT2D eigenvalue weighted by atomic mass is 32.2. The van der Waals surface area contributed by atoms with Crippen LogP contribution in [0, 0.1) is 0 Å². The molecule has 10 heavy (non-hydrogen) atoms. The molecular formula is C7H16O2S. The summed E-state index contributed by atoms with van der Waals surface area (Å²) in [5.74, 6) is 1.70.